The summed E-state index contributed by atoms with van der Waals surface area (Å²) in [5.74, 6) is 0.760. The molecular weight excluding hydrogens is 378 g/mol. The van der Waals surface area contributed by atoms with Gasteiger partial charge in [0, 0.05) is 38.1 Å². The van der Waals surface area contributed by atoms with Crippen LogP contribution in [0.25, 0.3) is 0 Å². The van der Waals surface area contributed by atoms with E-state index < -0.39 is 0 Å². The largest absolute Gasteiger partial charge is 0.497 e. The number of ether oxygens (including phenoxy) is 3. The topological polar surface area (TPSA) is 48.0 Å². The molecule has 2 aromatic rings. The summed E-state index contributed by atoms with van der Waals surface area (Å²) in [6, 6.07) is 17.8. The molecule has 30 heavy (non-hydrogen) atoms. The Hall–Kier alpha value is -2.37. The smallest absolute Gasteiger partial charge is 0.253 e. The average Bonchev–Trinajstić information content (AvgIpc) is 2.80. The van der Waals surface area contributed by atoms with E-state index in [1.807, 2.05) is 29.2 Å². The number of amides is 1. The molecule has 160 valence electrons. The Balaban J connectivity index is 1.46. The number of hydrogen-bond acceptors (Lipinski definition) is 4. The van der Waals surface area contributed by atoms with Crippen molar-refractivity contribution in [3.8, 4) is 5.75 Å². The Morgan fingerprint density at radius 3 is 2.60 bits per heavy atom. The number of carbonyl (C=O) groups is 1. The van der Waals surface area contributed by atoms with Crippen molar-refractivity contribution in [3.05, 3.63) is 65.7 Å². The first-order chi connectivity index (χ1) is 14.6. The number of rotatable bonds is 5. The van der Waals surface area contributed by atoms with Gasteiger partial charge >= 0.3 is 0 Å². The molecule has 0 N–H and O–H groups in total. The number of benzene rings is 2. The summed E-state index contributed by atoms with van der Waals surface area (Å²) in [4.78, 5) is 14.9. The van der Waals surface area contributed by atoms with Gasteiger partial charge in [0.15, 0.2) is 0 Å². The summed E-state index contributed by atoms with van der Waals surface area (Å²) in [6.45, 7) is 4.14. The molecule has 5 nitrogen and oxygen atoms in total. The van der Waals surface area contributed by atoms with Crippen LogP contribution >= 0.6 is 0 Å². The fraction of sp³-hybridized carbons (Fsp3) is 0.480. The highest BCUT2D eigenvalue weighted by molar-refractivity contribution is 5.94. The van der Waals surface area contributed by atoms with Gasteiger partial charge in [0.25, 0.3) is 5.91 Å². The zero-order chi connectivity index (χ0) is 21.0. The SMILES string of the molecule is CCOC1CC(c2ccccc2)OC2(CCN(C(=O)c3cccc(OC)c3)CC2)C1. The Labute approximate surface area is 178 Å². The first kappa shape index (κ1) is 20.9. The molecule has 2 aromatic carbocycles. The normalized spacial score (nSPS) is 23.3. The maximum atomic E-state index is 13.0. The molecule has 5 heteroatoms. The van der Waals surface area contributed by atoms with E-state index >= 15 is 0 Å². The number of nitrogens with zero attached hydrogens (tertiary/aromatic N) is 1. The fourth-order valence-corrected chi connectivity index (χ4v) is 4.75. The molecule has 2 unspecified atom stereocenters. The molecule has 2 aliphatic rings. The fourth-order valence-electron chi connectivity index (χ4n) is 4.75. The number of methoxy groups -OCH3 is 1. The van der Waals surface area contributed by atoms with Gasteiger partial charge in [-0.25, -0.2) is 0 Å². The monoisotopic (exact) mass is 409 g/mol. The molecule has 2 atom stereocenters. The third-order valence-corrected chi connectivity index (χ3v) is 6.32. The van der Waals surface area contributed by atoms with Crippen molar-refractivity contribution in [1.82, 2.24) is 4.90 Å². The first-order valence-electron chi connectivity index (χ1n) is 10.9. The molecule has 2 aliphatic heterocycles. The van der Waals surface area contributed by atoms with Crippen LogP contribution in [0.1, 0.15) is 54.6 Å². The molecular formula is C25H31NO4. The molecule has 1 amide bonds. The van der Waals surface area contributed by atoms with Gasteiger partial charge in [0.1, 0.15) is 5.75 Å². The Morgan fingerprint density at radius 1 is 1.13 bits per heavy atom. The summed E-state index contributed by atoms with van der Waals surface area (Å²) in [6.07, 6.45) is 3.66. The number of piperidine rings is 1. The molecule has 2 saturated heterocycles. The van der Waals surface area contributed by atoms with Crippen molar-refractivity contribution in [2.75, 3.05) is 26.8 Å². The van der Waals surface area contributed by atoms with Crippen molar-refractivity contribution >= 4 is 5.91 Å². The van der Waals surface area contributed by atoms with Crippen LogP contribution in [0.2, 0.25) is 0 Å². The van der Waals surface area contributed by atoms with Crippen molar-refractivity contribution in [3.63, 3.8) is 0 Å². The van der Waals surface area contributed by atoms with Gasteiger partial charge in [-0.1, -0.05) is 36.4 Å². The van der Waals surface area contributed by atoms with Crippen molar-refractivity contribution < 1.29 is 19.0 Å². The molecule has 0 bridgehead atoms. The van der Waals surface area contributed by atoms with E-state index in [9.17, 15) is 4.79 Å². The van der Waals surface area contributed by atoms with Gasteiger partial charge in [-0.05, 0) is 43.5 Å². The maximum Gasteiger partial charge on any atom is 0.253 e. The van der Waals surface area contributed by atoms with Gasteiger partial charge in [-0.15, -0.1) is 0 Å². The highest BCUT2D eigenvalue weighted by atomic mass is 16.5. The van der Waals surface area contributed by atoms with Gasteiger partial charge in [-0.3, -0.25) is 4.79 Å². The lowest BCUT2D eigenvalue weighted by atomic mass is 9.80. The van der Waals surface area contributed by atoms with Crippen LogP contribution in [0.4, 0.5) is 0 Å². The standard InChI is InChI=1S/C25H31NO4/c1-3-29-22-17-23(19-8-5-4-6-9-19)30-25(18-22)12-14-26(15-13-25)24(27)20-10-7-11-21(16-20)28-2/h4-11,16,22-23H,3,12-15,17-18H2,1-2H3. The summed E-state index contributed by atoms with van der Waals surface area (Å²) >= 11 is 0. The van der Waals surface area contributed by atoms with E-state index in [-0.39, 0.29) is 23.7 Å². The van der Waals surface area contributed by atoms with Crippen LogP contribution in [-0.4, -0.2) is 49.3 Å². The summed E-state index contributed by atoms with van der Waals surface area (Å²) in [5, 5.41) is 0. The summed E-state index contributed by atoms with van der Waals surface area (Å²) < 4.78 is 18.0. The van der Waals surface area contributed by atoms with E-state index in [1.54, 1.807) is 13.2 Å². The minimum absolute atomic E-state index is 0.0390. The second-order valence-electron chi connectivity index (χ2n) is 8.24. The molecule has 1 spiro atoms. The van der Waals surface area contributed by atoms with Crippen molar-refractivity contribution in [2.45, 2.75) is 50.4 Å². The molecule has 2 heterocycles. The first-order valence-corrected chi connectivity index (χ1v) is 10.9. The third kappa shape index (κ3) is 4.52. The van der Waals surface area contributed by atoms with Gasteiger partial charge in [0.05, 0.1) is 24.9 Å². The van der Waals surface area contributed by atoms with Crippen molar-refractivity contribution in [2.24, 2.45) is 0 Å². The predicted octanol–water partition coefficient (Wildman–Crippen LogP) is 4.63. The summed E-state index contributed by atoms with van der Waals surface area (Å²) in [7, 11) is 1.62. The van der Waals surface area contributed by atoms with E-state index in [4.69, 9.17) is 14.2 Å². The minimum atomic E-state index is -0.232. The molecule has 4 rings (SSSR count). The van der Waals surface area contributed by atoms with Crippen LogP contribution in [-0.2, 0) is 9.47 Å². The lowest BCUT2D eigenvalue weighted by Crippen LogP contribution is -2.52. The molecule has 0 aromatic heterocycles. The quantitative estimate of drug-likeness (QED) is 0.723. The van der Waals surface area contributed by atoms with Crippen LogP contribution in [0.15, 0.2) is 54.6 Å². The van der Waals surface area contributed by atoms with Crippen LogP contribution in [0, 0.1) is 0 Å². The van der Waals surface area contributed by atoms with Crippen LogP contribution < -0.4 is 4.74 Å². The van der Waals surface area contributed by atoms with E-state index in [0.29, 0.717) is 31.0 Å². The Morgan fingerprint density at radius 2 is 1.90 bits per heavy atom. The van der Waals surface area contributed by atoms with Gasteiger partial charge < -0.3 is 19.1 Å². The van der Waals surface area contributed by atoms with Gasteiger partial charge in [-0.2, -0.15) is 0 Å². The van der Waals surface area contributed by atoms with Crippen LogP contribution in [0.3, 0.4) is 0 Å². The zero-order valence-corrected chi connectivity index (χ0v) is 17.9. The average molecular weight is 410 g/mol. The van der Waals surface area contributed by atoms with E-state index in [0.717, 1.165) is 25.7 Å². The molecule has 0 aliphatic carbocycles. The number of hydrogen-bond donors (Lipinski definition) is 0. The summed E-state index contributed by atoms with van der Waals surface area (Å²) in [5.41, 5.74) is 1.64. The number of likely N-dealkylation sites (tertiary alicyclic amines) is 1. The maximum absolute atomic E-state index is 13.0. The highest BCUT2D eigenvalue weighted by Crippen LogP contribution is 2.44. The number of carbonyl (C=O) groups excluding carboxylic acids is 1. The second-order valence-corrected chi connectivity index (χ2v) is 8.24. The zero-order valence-electron chi connectivity index (χ0n) is 17.9. The second kappa shape index (κ2) is 9.19. The molecule has 2 fully saturated rings. The Kier molecular flexibility index (Phi) is 6.40. The Bertz CT molecular complexity index is 845. The minimum Gasteiger partial charge on any atom is -0.497 e. The van der Waals surface area contributed by atoms with Crippen LogP contribution in [0.5, 0.6) is 5.75 Å². The highest BCUT2D eigenvalue weighted by Gasteiger charge is 2.45. The predicted molar refractivity (Wildman–Crippen MR) is 116 cm³/mol. The third-order valence-electron chi connectivity index (χ3n) is 6.32. The molecule has 0 saturated carbocycles. The molecule has 0 radical (unpaired) electrons. The van der Waals surface area contributed by atoms with Gasteiger partial charge in [0.2, 0.25) is 0 Å². The van der Waals surface area contributed by atoms with E-state index in [2.05, 4.69) is 31.2 Å². The lowest BCUT2D eigenvalue weighted by molar-refractivity contribution is -0.190. The van der Waals surface area contributed by atoms with Crippen molar-refractivity contribution in [1.29, 1.82) is 0 Å². The lowest BCUT2D eigenvalue weighted by Gasteiger charge is -2.48. The van der Waals surface area contributed by atoms with E-state index in [1.165, 1.54) is 5.56 Å².